The number of nitrogens with one attached hydrogen (secondary N) is 1. The highest BCUT2D eigenvalue weighted by Gasteiger charge is 2.38. The van der Waals surface area contributed by atoms with Crippen molar-refractivity contribution < 1.29 is 14.3 Å². The van der Waals surface area contributed by atoms with E-state index in [0.29, 0.717) is 31.7 Å². The number of benzene rings is 4. The van der Waals surface area contributed by atoms with Crippen molar-refractivity contribution in [1.29, 1.82) is 0 Å². The molecule has 0 bridgehead atoms. The number of carbonyl (C=O) groups is 2. The van der Waals surface area contributed by atoms with Crippen LogP contribution in [-0.2, 0) is 16.1 Å². The van der Waals surface area contributed by atoms with Gasteiger partial charge < -0.3 is 26.4 Å². The monoisotopic (exact) mass is 591 g/mol. The molecule has 2 atom stereocenters. The van der Waals surface area contributed by atoms with Gasteiger partial charge in [0.05, 0.1) is 19.1 Å². The zero-order valence-corrected chi connectivity index (χ0v) is 25.3. The van der Waals surface area contributed by atoms with Crippen molar-refractivity contribution in [3.05, 3.63) is 138 Å². The molecule has 4 aromatic carbocycles. The number of hydrogen-bond donors (Lipinski definition) is 3. The summed E-state index contributed by atoms with van der Waals surface area (Å²) in [5, 5.41) is 3.09. The molecule has 44 heavy (non-hydrogen) atoms. The molecule has 5 N–H and O–H groups in total. The predicted octanol–water partition coefficient (Wildman–Crippen LogP) is 5.16. The second kappa shape index (κ2) is 15.9. The minimum atomic E-state index is -0.799. The number of hydrogen-bond acceptors (Lipinski definition) is 4. The summed E-state index contributed by atoms with van der Waals surface area (Å²) in [5.41, 5.74) is 14.7. The van der Waals surface area contributed by atoms with Gasteiger partial charge in [0.25, 0.3) is 0 Å². The number of amides is 2. The van der Waals surface area contributed by atoms with E-state index < -0.39 is 18.0 Å². The number of aliphatic imine (C=N–C) groups is 1. The molecule has 0 heterocycles. The van der Waals surface area contributed by atoms with E-state index in [4.69, 9.17) is 16.2 Å². The van der Waals surface area contributed by atoms with Gasteiger partial charge in [-0.15, -0.1) is 0 Å². The quantitative estimate of drug-likeness (QED) is 0.106. The van der Waals surface area contributed by atoms with Crippen LogP contribution in [0.15, 0.2) is 120 Å². The highest BCUT2D eigenvalue weighted by atomic mass is 16.5. The van der Waals surface area contributed by atoms with Gasteiger partial charge in [-0.3, -0.25) is 14.6 Å². The van der Waals surface area contributed by atoms with Crippen molar-refractivity contribution in [1.82, 2.24) is 10.2 Å². The van der Waals surface area contributed by atoms with E-state index >= 15 is 0 Å². The van der Waals surface area contributed by atoms with Crippen molar-refractivity contribution >= 4 is 17.8 Å². The minimum Gasteiger partial charge on any atom is -0.497 e. The van der Waals surface area contributed by atoms with Gasteiger partial charge >= 0.3 is 0 Å². The van der Waals surface area contributed by atoms with Crippen LogP contribution in [0.2, 0.25) is 0 Å². The molecule has 4 aromatic rings. The Balaban J connectivity index is 1.79. The number of guanidine groups is 1. The molecule has 0 saturated carbocycles. The van der Waals surface area contributed by atoms with Crippen LogP contribution in [0.1, 0.15) is 54.0 Å². The van der Waals surface area contributed by atoms with Crippen LogP contribution in [0.3, 0.4) is 0 Å². The predicted molar refractivity (Wildman–Crippen MR) is 175 cm³/mol. The van der Waals surface area contributed by atoms with Crippen LogP contribution < -0.4 is 21.5 Å². The maximum Gasteiger partial charge on any atom is 0.243 e. The summed E-state index contributed by atoms with van der Waals surface area (Å²) in [4.78, 5) is 35.0. The van der Waals surface area contributed by atoms with Gasteiger partial charge in [-0.2, -0.15) is 0 Å². The van der Waals surface area contributed by atoms with Crippen LogP contribution in [0.25, 0.3) is 0 Å². The standard InChI is InChI=1S/C36H41N5O3/c1-26(28-20-22-31(44-2)23-21-28)41(35(43)33(29-15-8-4-9-16-29)30-17-10-5-11-18-30)32(19-12-24-39-36(37)38)34(42)40-25-27-13-6-3-7-14-27/h3-11,13-18,20-23,26,32-33H,12,19,24-25H2,1-2H3,(H,40,42)(H4,37,38,39)/t26-,32-/m1/s1. The Bertz CT molecular complexity index is 1450. The van der Waals surface area contributed by atoms with Crippen molar-refractivity contribution in [2.45, 2.75) is 44.3 Å². The van der Waals surface area contributed by atoms with E-state index in [-0.39, 0.29) is 17.8 Å². The summed E-state index contributed by atoms with van der Waals surface area (Å²) < 4.78 is 5.38. The molecule has 0 fully saturated rings. The molecule has 0 aliphatic heterocycles. The van der Waals surface area contributed by atoms with Crippen molar-refractivity contribution in [2.75, 3.05) is 13.7 Å². The number of ether oxygens (including phenoxy) is 1. The van der Waals surface area contributed by atoms with Crippen molar-refractivity contribution in [3.8, 4) is 5.75 Å². The minimum absolute atomic E-state index is 0.0113. The maximum atomic E-state index is 15.0. The van der Waals surface area contributed by atoms with E-state index in [2.05, 4.69) is 10.3 Å². The lowest BCUT2D eigenvalue weighted by molar-refractivity contribution is -0.144. The third kappa shape index (κ3) is 8.47. The lowest BCUT2D eigenvalue weighted by Crippen LogP contribution is -2.52. The average molecular weight is 592 g/mol. The highest BCUT2D eigenvalue weighted by Crippen LogP contribution is 2.34. The van der Waals surface area contributed by atoms with Crippen molar-refractivity contribution in [3.63, 3.8) is 0 Å². The molecule has 0 unspecified atom stereocenters. The summed E-state index contributed by atoms with van der Waals surface area (Å²) >= 11 is 0. The Labute approximate surface area is 259 Å². The fourth-order valence-electron chi connectivity index (χ4n) is 5.37. The van der Waals surface area contributed by atoms with Gasteiger partial charge in [-0.05, 0) is 54.2 Å². The molecule has 2 amide bonds. The Morgan fingerprint density at radius 3 is 1.86 bits per heavy atom. The topological polar surface area (TPSA) is 123 Å². The van der Waals surface area contributed by atoms with E-state index in [9.17, 15) is 9.59 Å². The SMILES string of the molecule is COc1ccc([C@@H](C)N(C(=O)C(c2ccccc2)c2ccccc2)[C@H](CCCN=C(N)N)C(=O)NCc2ccccc2)cc1. The van der Waals surface area contributed by atoms with Crippen LogP contribution in [-0.4, -0.2) is 42.4 Å². The fourth-order valence-corrected chi connectivity index (χ4v) is 5.37. The molecule has 0 saturated heterocycles. The molecule has 0 radical (unpaired) electrons. The molecule has 4 rings (SSSR count). The molecular weight excluding hydrogens is 550 g/mol. The molecule has 0 aromatic heterocycles. The molecule has 8 heteroatoms. The van der Waals surface area contributed by atoms with Gasteiger partial charge in [-0.1, -0.05) is 103 Å². The zero-order chi connectivity index (χ0) is 31.3. The number of methoxy groups -OCH3 is 1. The lowest BCUT2D eigenvalue weighted by atomic mass is 9.88. The first-order valence-electron chi connectivity index (χ1n) is 14.8. The average Bonchev–Trinajstić information content (AvgIpc) is 3.06. The van der Waals surface area contributed by atoms with E-state index in [0.717, 1.165) is 22.3 Å². The molecule has 228 valence electrons. The van der Waals surface area contributed by atoms with Crippen LogP contribution in [0, 0.1) is 0 Å². The Kier molecular flexibility index (Phi) is 11.5. The van der Waals surface area contributed by atoms with Crippen molar-refractivity contribution in [2.24, 2.45) is 16.5 Å². The Morgan fingerprint density at radius 2 is 1.34 bits per heavy atom. The Morgan fingerprint density at radius 1 is 0.795 bits per heavy atom. The third-order valence-corrected chi connectivity index (χ3v) is 7.66. The summed E-state index contributed by atoms with van der Waals surface area (Å²) in [6.07, 6.45) is 0.863. The summed E-state index contributed by atoms with van der Waals surface area (Å²) in [6.45, 7) is 2.63. The number of carbonyl (C=O) groups excluding carboxylic acids is 2. The fraction of sp³-hybridized carbons (Fsp3) is 0.250. The smallest absolute Gasteiger partial charge is 0.243 e. The first-order valence-corrected chi connectivity index (χ1v) is 14.8. The number of rotatable bonds is 14. The first kappa shape index (κ1) is 31.8. The second-order valence-corrected chi connectivity index (χ2v) is 10.6. The van der Waals surface area contributed by atoms with Gasteiger partial charge in [0.1, 0.15) is 11.8 Å². The van der Waals surface area contributed by atoms with Crippen LogP contribution >= 0.6 is 0 Å². The molecule has 0 aliphatic rings. The molecular formula is C36H41N5O3. The first-order chi connectivity index (χ1) is 21.4. The highest BCUT2D eigenvalue weighted by molar-refractivity contribution is 5.93. The van der Waals surface area contributed by atoms with E-state index in [1.165, 1.54) is 0 Å². The Hall–Kier alpha value is -5.11. The normalized spacial score (nSPS) is 12.2. The van der Waals surface area contributed by atoms with Gasteiger partial charge in [0.2, 0.25) is 11.8 Å². The van der Waals surface area contributed by atoms with E-state index in [1.54, 1.807) is 12.0 Å². The second-order valence-electron chi connectivity index (χ2n) is 10.6. The summed E-state index contributed by atoms with van der Waals surface area (Å²) in [6, 6.07) is 35.4. The summed E-state index contributed by atoms with van der Waals surface area (Å²) in [5.74, 6) is -0.345. The lowest BCUT2D eigenvalue weighted by Gasteiger charge is -2.38. The molecule has 0 spiro atoms. The number of nitrogens with zero attached hydrogens (tertiary/aromatic N) is 2. The van der Waals surface area contributed by atoms with E-state index in [1.807, 2.05) is 122 Å². The molecule has 8 nitrogen and oxygen atoms in total. The largest absolute Gasteiger partial charge is 0.497 e. The third-order valence-electron chi connectivity index (χ3n) is 7.66. The summed E-state index contributed by atoms with van der Waals surface area (Å²) in [7, 11) is 1.61. The number of nitrogens with two attached hydrogens (primary N) is 2. The maximum absolute atomic E-state index is 15.0. The van der Waals surface area contributed by atoms with Gasteiger partial charge in [-0.25, -0.2) is 0 Å². The van der Waals surface area contributed by atoms with Crippen LogP contribution in [0.4, 0.5) is 0 Å². The van der Waals surface area contributed by atoms with Gasteiger partial charge in [0.15, 0.2) is 5.96 Å². The zero-order valence-electron chi connectivity index (χ0n) is 25.3. The van der Waals surface area contributed by atoms with Gasteiger partial charge in [0, 0.05) is 13.1 Å². The van der Waals surface area contributed by atoms with Crippen LogP contribution in [0.5, 0.6) is 5.75 Å². The molecule has 0 aliphatic carbocycles.